The van der Waals surface area contributed by atoms with Crippen molar-refractivity contribution in [2.45, 2.75) is 26.3 Å². The highest BCUT2D eigenvalue weighted by molar-refractivity contribution is 5.89. The van der Waals surface area contributed by atoms with Crippen molar-refractivity contribution in [2.24, 2.45) is 11.8 Å². The van der Waals surface area contributed by atoms with Crippen LogP contribution in [0.15, 0.2) is 0 Å². The van der Waals surface area contributed by atoms with Crippen LogP contribution in [-0.4, -0.2) is 36.1 Å². The third-order valence-corrected chi connectivity index (χ3v) is 2.86. The van der Waals surface area contributed by atoms with Crippen LogP contribution >= 0.6 is 0 Å². The summed E-state index contributed by atoms with van der Waals surface area (Å²) in [6, 6.07) is -0.0711. The maximum atomic E-state index is 11.6. The van der Waals surface area contributed by atoms with Crippen LogP contribution in [0.4, 0.5) is 0 Å². The van der Waals surface area contributed by atoms with Crippen molar-refractivity contribution < 1.29 is 14.7 Å². The van der Waals surface area contributed by atoms with E-state index in [0.717, 1.165) is 0 Å². The van der Waals surface area contributed by atoms with Gasteiger partial charge in [-0.15, -0.1) is 0 Å². The average Bonchev–Trinajstić information content (AvgIpc) is 2.63. The quantitative estimate of drug-likeness (QED) is 0.576. The zero-order chi connectivity index (χ0) is 11.4. The molecule has 86 valence electrons. The van der Waals surface area contributed by atoms with Gasteiger partial charge in [0.1, 0.15) is 0 Å². The summed E-state index contributed by atoms with van der Waals surface area (Å²) in [6.45, 7) is 4.18. The maximum absolute atomic E-state index is 11.6. The minimum atomic E-state index is -0.258. The minimum absolute atomic E-state index is 0.0269. The Morgan fingerprint density at radius 3 is 2.80 bits per heavy atom. The van der Waals surface area contributed by atoms with Crippen molar-refractivity contribution in [2.75, 3.05) is 13.2 Å². The Labute approximate surface area is 89.2 Å². The number of amides is 2. The predicted octanol–water partition coefficient (Wildman–Crippen LogP) is -0.744. The van der Waals surface area contributed by atoms with E-state index < -0.39 is 0 Å². The van der Waals surface area contributed by atoms with Gasteiger partial charge < -0.3 is 15.7 Å². The number of nitrogens with one attached hydrogen (secondary N) is 2. The Morgan fingerprint density at radius 2 is 2.33 bits per heavy atom. The molecule has 0 aliphatic carbocycles. The maximum Gasteiger partial charge on any atom is 0.225 e. The largest absolute Gasteiger partial charge is 0.396 e. The lowest BCUT2D eigenvalue weighted by molar-refractivity contribution is -0.127. The van der Waals surface area contributed by atoms with E-state index in [-0.39, 0.29) is 42.7 Å². The van der Waals surface area contributed by atoms with Gasteiger partial charge in [-0.2, -0.15) is 0 Å². The van der Waals surface area contributed by atoms with Gasteiger partial charge in [0.25, 0.3) is 0 Å². The summed E-state index contributed by atoms with van der Waals surface area (Å²) in [5.74, 6) is -0.413. The predicted molar refractivity (Wildman–Crippen MR) is 55.0 cm³/mol. The molecule has 0 bridgehead atoms. The molecule has 3 atom stereocenters. The second-order valence-corrected chi connectivity index (χ2v) is 4.16. The molecule has 1 rings (SSSR count). The van der Waals surface area contributed by atoms with Crippen LogP contribution in [0.3, 0.4) is 0 Å². The number of rotatable bonds is 4. The molecule has 0 spiro atoms. The number of carbonyl (C=O) groups excluding carboxylic acids is 2. The highest BCUT2D eigenvalue weighted by Gasteiger charge is 2.29. The molecule has 0 radical (unpaired) electrons. The molecule has 0 aromatic heterocycles. The van der Waals surface area contributed by atoms with Crippen molar-refractivity contribution in [1.29, 1.82) is 0 Å². The number of aliphatic hydroxyl groups excluding tert-OH is 1. The number of carbonyl (C=O) groups is 2. The highest BCUT2D eigenvalue weighted by atomic mass is 16.3. The first-order valence-electron chi connectivity index (χ1n) is 5.22. The van der Waals surface area contributed by atoms with Gasteiger partial charge in [0.2, 0.25) is 11.8 Å². The van der Waals surface area contributed by atoms with E-state index in [9.17, 15) is 9.59 Å². The fraction of sp³-hybridized carbons (Fsp3) is 0.800. The van der Waals surface area contributed by atoms with Gasteiger partial charge in [-0.05, 0) is 12.8 Å². The molecule has 0 aromatic rings. The van der Waals surface area contributed by atoms with Gasteiger partial charge in [0.05, 0.1) is 5.92 Å². The third kappa shape index (κ3) is 3.20. The summed E-state index contributed by atoms with van der Waals surface area (Å²) < 4.78 is 0. The fourth-order valence-corrected chi connectivity index (χ4v) is 1.43. The van der Waals surface area contributed by atoms with Crippen LogP contribution in [0.25, 0.3) is 0 Å². The standard InChI is InChI=1S/C10H18N2O3/c1-6(5-13)7(2)12-10(15)8-3-9(14)11-4-8/h6-8,13H,3-5H2,1-2H3,(H,11,14)(H,12,15). The van der Waals surface area contributed by atoms with Crippen LogP contribution in [0.5, 0.6) is 0 Å². The molecular weight excluding hydrogens is 196 g/mol. The number of hydrogen-bond donors (Lipinski definition) is 3. The molecule has 1 saturated heterocycles. The molecule has 15 heavy (non-hydrogen) atoms. The summed E-state index contributed by atoms with van der Waals surface area (Å²) in [5.41, 5.74) is 0. The Kier molecular flexibility index (Phi) is 4.08. The molecule has 1 aliphatic heterocycles. The first-order valence-corrected chi connectivity index (χ1v) is 5.22. The summed E-state index contributed by atoms with van der Waals surface area (Å²) in [5, 5.41) is 14.3. The lowest BCUT2D eigenvalue weighted by Gasteiger charge is -2.20. The van der Waals surface area contributed by atoms with Crippen molar-refractivity contribution >= 4 is 11.8 Å². The van der Waals surface area contributed by atoms with Gasteiger partial charge in [-0.3, -0.25) is 9.59 Å². The summed E-state index contributed by atoms with van der Waals surface area (Å²) in [6.07, 6.45) is 0.270. The topological polar surface area (TPSA) is 78.4 Å². The van der Waals surface area contributed by atoms with Gasteiger partial charge in [-0.1, -0.05) is 6.92 Å². The van der Waals surface area contributed by atoms with E-state index in [1.165, 1.54) is 0 Å². The third-order valence-electron chi connectivity index (χ3n) is 2.86. The van der Waals surface area contributed by atoms with E-state index in [2.05, 4.69) is 10.6 Å². The van der Waals surface area contributed by atoms with Crippen LogP contribution < -0.4 is 10.6 Å². The SMILES string of the molecule is CC(CO)C(C)NC(=O)C1CNC(=O)C1. The molecule has 1 fully saturated rings. The summed E-state index contributed by atoms with van der Waals surface area (Å²) in [4.78, 5) is 22.5. The molecular formula is C10H18N2O3. The van der Waals surface area contributed by atoms with Gasteiger partial charge in [0, 0.05) is 25.6 Å². The molecule has 1 aliphatic rings. The molecule has 1 heterocycles. The summed E-state index contributed by atoms with van der Waals surface area (Å²) in [7, 11) is 0. The van der Waals surface area contributed by atoms with Crippen molar-refractivity contribution in [3.8, 4) is 0 Å². The van der Waals surface area contributed by atoms with Crippen molar-refractivity contribution in [3.63, 3.8) is 0 Å². The lowest BCUT2D eigenvalue weighted by Crippen LogP contribution is -2.42. The van der Waals surface area contributed by atoms with Crippen molar-refractivity contribution in [3.05, 3.63) is 0 Å². The zero-order valence-electron chi connectivity index (χ0n) is 9.12. The fourth-order valence-electron chi connectivity index (χ4n) is 1.43. The van der Waals surface area contributed by atoms with Crippen LogP contribution in [0, 0.1) is 11.8 Å². The Bertz CT molecular complexity index is 255. The smallest absolute Gasteiger partial charge is 0.225 e. The van der Waals surface area contributed by atoms with Gasteiger partial charge in [0.15, 0.2) is 0 Å². The zero-order valence-corrected chi connectivity index (χ0v) is 9.12. The van der Waals surface area contributed by atoms with Crippen LogP contribution in [0.1, 0.15) is 20.3 Å². The molecule has 2 amide bonds. The van der Waals surface area contributed by atoms with E-state index in [1.807, 2.05) is 13.8 Å². The molecule has 3 N–H and O–H groups in total. The second kappa shape index (κ2) is 5.11. The Hall–Kier alpha value is -1.10. The minimum Gasteiger partial charge on any atom is -0.396 e. The molecule has 3 unspecified atom stereocenters. The summed E-state index contributed by atoms with van der Waals surface area (Å²) >= 11 is 0. The molecule has 0 aromatic carbocycles. The van der Waals surface area contributed by atoms with E-state index in [4.69, 9.17) is 5.11 Å². The molecule has 5 nitrogen and oxygen atoms in total. The Morgan fingerprint density at radius 1 is 1.67 bits per heavy atom. The van der Waals surface area contributed by atoms with E-state index in [1.54, 1.807) is 0 Å². The monoisotopic (exact) mass is 214 g/mol. The van der Waals surface area contributed by atoms with Gasteiger partial charge >= 0.3 is 0 Å². The van der Waals surface area contributed by atoms with Gasteiger partial charge in [-0.25, -0.2) is 0 Å². The first kappa shape index (κ1) is 12.0. The number of hydrogen-bond acceptors (Lipinski definition) is 3. The average molecular weight is 214 g/mol. The second-order valence-electron chi connectivity index (χ2n) is 4.16. The van der Waals surface area contributed by atoms with Crippen LogP contribution in [0.2, 0.25) is 0 Å². The number of aliphatic hydroxyl groups is 1. The Balaban J connectivity index is 2.38. The van der Waals surface area contributed by atoms with E-state index in [0.29, 0.717) is 6.54 Å². The molecule has 5 heteroatoms. The van der Waals surface area contributed by atoms with Crippen molar-refractivity contribution in [1.82, 2.24) is 10.6 Å². The van der Waals surface area contributed by atoms with E-state index >= 15 is 0 Å². The van der Waals surface area contributed by atoms with Crippen LogP contribution in [-0.2, 0) is 9.59 Å². The molecule has 0 saturated carbocycles. The first-order chi connectivity index (χ1) is 7.04. The normalized spacial score (nSPS) is 24.5. The lowest BCUT2D eigenvalue weighted by atomic mass is 10.0. The highest BCUT2D eigenvalue weighted by Crippen LogP contribution is 2.10.